The zero-order valence-corrected chi connectivity index (χ0v) is 11.8. The molecule has 0 aromatic heterocycles. The van der Waals surface area contributed by atoms with Crippen LogP contribution in [0.25, 0.3) is 0 Å². The fraction of sp³-hybridized carbons (Fsp3) is 0.294. The molecule has 0 spiro atoms. The molecule has 0 aliphatic carbocycles. The summed E-state index contributed by atoms with van der Waals surface area (Å²) in [5, 5.41) is 0. The van der Waals surface area contributed by atoms with Gasteiger partial charge in [0.25, 0.3) is 0 Å². The average Bonchev–Trinajstić information content (AvgIpc) is 2.47. The van der Waals surface area contributed by atoms with Crippen LogP contribution in [0.4, 0.5) is 0 Å². The number of rotatable bonds is 5. The molecule has 100 valence electrons. The van der Waals surface area contributed by atoms with Crippen LogP contribution in [-0.2, 0) is 6.54 Å². The third-order valence-electron chi connectivity index (χ3n) is 3.53. The van der Waals surface area contributed by atoms with Crippen molar-refractivity contribution in [2.75, 3.05) is 14.2 Å². The summed E-state index contributed by atoms with van der Waals surface area (Å²) < 4.78 is 5.19. The second-order valence-corrected chi connectivity index (χ2v) is 4.85. The predicted molar refractivity (Wildman–Crippen MR) is 79.3 cm³/mol. The molecule has 19 heavy (non-hydrogen) atoms. The van der Waals surface area contributed by atoms with Gasteiger partial charge in [0.1, 0.15) is 5.75 Å². The molecule has 1 atom stereocenters. The Kier molecular flexibility index (Phi) is 4.58. The molecule has 1 unspecified atom stereocenters. The highest BCUT2D eigenvalue weighted by Gasteiger charge is 2.11. The molecule has 0 saturated carbocycles. The second-order valence-electron chi connectivity index (χ2n) is 4.85. The molecule has 0 radical (unpaired) electrons. The lowest BCUT2D eigenvalue weighted by Gasteiger charge is -2.25. The Balaban J connectivity index is 2.03. The Morgan fingerprint density at radius 3 is 2.21 bits per heavy atom. The third kappa shape index (κ3) is 3.58. The summed E-state index contributed by atoms with van der Waals surface area (Å²) in [6, 6.07) is 19.2. The molecule has 0 heterocycles. The monoisotopic (exact) mass is 255 g/mol. The summed E-state index contributed by atoms with van der Waals surface area (Å²) in [6.45, 7) is 3.18. The number of hydrogen-bond donors (Lipinski definition) is 0. The van der Waals surface area contributed by atoms with Gasteiger partial charge in [-0.1, -0.05) is 42.5 Å². The quantitative estimate of drug-likeness (QED) is 0.803. The van der Waals surface area contributed by atoms with Crippen LogP contribution in [0.1, 0.15) is 24.1 Å². The van der Waals surface area contributed by atoms with E-state index in [1.807, 2.05) is 12.1 Å². The number of nitrogens with zero attached hydrogens (tertiary/aromatic N) is 1. The van der Waals surface area contributed by atoms with E-state index in [9.17, 15) is 0 Å². The van der Waals surface area contributed by atoms with Crippen LogP contribution < -0.4 is 4.74 Å². The van der Waals surface area contributed by atoms with E-state index in [2.05, 4.69) is 61.3 Å². The van der Waals surface area contributed by atoms with Crippen LogP contribution in [0.5, 0.6) is 5.75 Å². The first kappa shape index (κ1) is 13.6. The van der Waals surface area contributed by atoms with Gasteiger partial charge in [-0.3, -0.25) is 4.90 Å². The van der Waals surface area contributed by atoms with E-state index in [0.717, 1.165) is 12.3 Å². The van der Waals surface area contributed by atoms with E-state index in [1.165, 1.54) is 11.1 Å². The molecule has 0 bridgehead atoms. The average molecular weight is 255 g/mol. The first-order valence-electron chi connectivity index (χ1n) is 6.59. The predicted octanol–water partition coefficient (Wildman–Crippen LogP) is 3.89. The fourth-order valence-corrected chi connectivity index (χ4v) is 2.15. The minimum absolute atomic E-state index is 0.381. The first-order chi connectivity index (χ1) is 9.20. The minimum atomic E-state index is 0.381. The van der Waals surface area contributed by atoms with Crippen molar-refractivity contribution in [3.8, 4) is 5.75 Å². The van der Waals surface area contributed by atoms with Gasteiger partial charge in [0.2, 0.25) is 0 Å². The van der Waals surface area contributed by atoms with Gasteiger partial charge < -0.3 is 4.74 Å². The van der Waals surface area contributed by atoms with Crippen LogP contribution in [-0.4, -0.2) is 19.1 Å². The Labute approximate surface area is 115 Å². The van der Waals surface area contributed by atoms with Crippen LogP contribution >= 0.6 is 0 Å². The molecule has 2 aromatic rings. The number of methoxy groups -OCH3 is 1. The maximum Gasteiger partial charge on any atom is 0.118 e. The van der Waals surface area contributed by atoms with Crippen LogP contribution in [0.3, 0.4) is 0 Å². The molecule has 2 rings (SSSR count). The van der Waals surface area contributed by atoms with Crippen molar-refractivity contribution < 1.29 is 4.74 Å². The van der Waals surface area contributed by atoms with Crippen molar-refractivity contribution in [3.05, 3.63) is 65.7 Å². The molecule has 0 saturated heterocycles. The topological polar surface area (TPSA) is 12.5 Å². The fourth-order valence-electron chi connectivity index (χ4n) is 2.15. The number of ether oxygens (including phenoxy) is 1. The van der Waals surface area contributed by atoms with Gasteiger partial charge in [-0.05, 0) is 37.2 Å². The molecule has 0 fully saturated rings. The smallest absolute Gasteiger partial charge is 0.118 e. The third-order valence-corrected chi connectivity index (χ3v) is 3.53. The van der Waals surface area contributed by atoms with E-state index in [4.69, 9.17) is 4.74 Å². The zero-order chi connectivity index (χ0) is 13.7. The lowest BCUT2D eigenvalue weighted by Crippen LogP contribution is -2.21. The van der Waals surface area contributed by atoms with Gasteiger partial charge in [-0.15, -0.1) is 0 Å². The van der Waals surface area contributed by atoms with Gasteiger partial charge in [-0.25, -0.2) is 0 Å². The second kappa shape index (κ2) is 6.39. The van der Waals surface area contributed by atoms with E-state index >= 15 is 0 Å². The molecule has 0 aliphatic heterocycles. The summed E-state index contributed by atoms with van der Waals surface area (Å²) in [4.78, 5) is 2.34. The standard InChI is InChI=1S/C17H21NO/c1-14(16-9-11-17(19-3)12-10-16)18(2)13-15-7-5-4-6-8-15/h4-12,14H,13H2,1-3H3. The van der Waals surface area contributed by atoms with Crippen molar-refractivity contribution in [2.45, 2.75) is 19.5 Å². The van der Waals surface area contributed by atoms with E-state index < -0.39 is 0 Å². The normalized spacial score (nSPS) is 12.4. The van der Waals surface area contributed by atoms with Crippen molar-refractivity contribution in [2.24, 2.45) is 0 Å². The van der Waals surface area contributed by atoms with Crippen LogP contribution in [0, 0.1) is 0 Å². The Morgan fingerprint density at radius 1 is 1.00 bits per heavy atom. The Morgan fingerprint density at radius 2 is 1.63 bits per heavy atom. The maximum atomic E-state index is 5.19. The molecule has 2 nitrogen and oxygen atoms in total. The summed E-state index contributed by atoms with van der Waals surface area (Å²) in [6.07, 6.45) is 0. The van der Waals surface area contributed by atoms with E-state index in [-0.39, 0.29) is 0 Å². The van der Waals surface area contributed by atoms with Gasteiger partial charge >= 0.3 is 0 Å². The highest BCUT2D eigenvalue weighted by atomic mass is 16.5. The van der Waals surface area contributed by atoms with Crippen molar-refractivity contribution in [1.82, 2.24) is 4.90 Å². The minimum Gasteiger partial charge on any atom is -0.497 e. The number of hydrogen-bond acceptors (Lipinski definition) is 2. The summed E-state index contributed by atoms with van der Waals surface area (Å²) in [5.41, 5.74) is 2.64. The zero-order valence-electron chi connectivity index (χ0n) is 11.8. The van der Waals surface area contributed by atoms with Crippen molar-refractivity contribution >= 4 is 0 Å². The summed E-state index contributed by atoms with van der Waals surface area (Å²) in [7, 11) is 3.85. The lowest BCUT2D eigenvalue weighted by molar-refractivity contribution is 0.253. The number of benzene rings is 2. The summed E-state index contributed by atoms with van der Waals surface area (Å²) in [5.74, 6) is 0.904. The molecule has 0 aliphatic rings. The molecular formula is C17H21NO. The molecule has 0 amide bonds. The first-order valence-corrected chi connectivity index (χ1v) is 6.59. The highest BCUT2D eigenvalue weighted by molar-refractivity contribution is 5.29. The van der Waals surface area contributed by atoms with Crippen molar-refractivity contribution in [1.29, 1.82) is 0 Å². The van der Waals surface area contributed by atoms with E-state index in [0.29, 0.717) is 6.04 Å². The van der Waals surface area contributed by atoms with Gasteiger partial charge in [0.15, 0.2) is 0 Å². The lowest BCUT2D eigenvalue weighted by atomic mass is 10.1. The molecule has 2 heteroatoms. The molecule has 2 aromatic carbocycles. The Hall–Kier alpha value is -1.80. The SMILES string of the molecule is COc1ccc(C(C)N(C)Cc2ccccc2)cc1. The van der Waals surface area contributed by atoms with Gasteiger partial charge in [0.05, 0.1) is 7.11 Å². The van der Waals surface area contributed by atoms with Crippen molar-refractivity contribution in [3.63, 3.8) is 0 Å². The van der Waals surface area contributed by atoms with Crippen LogP contribution in [0.2, 0.25) is 0 Å². The van der Waals surface area contributed by atoms with Gasteiger partial charge in [0, 0.05) is 12.6 Å². The van der Waals surface area contributed by atoms with E-state index in [1.54, 1.807) is 7.11 Å². The largest absolute Gasteiger partial charge is 0.497 e. The highest BCUT2D eigenvalue weighted by Crippen LogP contribution is 2.22. The maximum absolute atomic E-state index is 5.19. The van der Waals surface area contributed by atoms with Crippen LogP contribution in [0.15, 0.2) is 54.6 Å². The molecular weight excluding hydrogens is 234 g/mol. The summed E-state index contributed by atoms with van der Waals surface area (Å²) >= 11 is 0. The Bertz CT molecular complexity index is 492. The molecule has 0 N–H and O–H groups in total. The van der Waals surface area contributed by atoms with Gasteiger partial charge in [-0.2, -0.15) is 0 Å².